The van der Waals surface area contributed by atoms with Crippen LogP contribution in [0.5, 0.6) is 0 Å². The van der Waals surface area contributed by atoms with Crippen molar-refractivity contribution in [2.24, 2.45) is 0 Å². The van der Waals surface area contributed by atoms with Crippen LogP contribution in [-0.2, 0) is 0 Å². The summed E-state index contributed by atoms with van der Waals surface area (Å²) in [6.07, 6.45) is 2.35. The van der Waals surface area contributed by atoms with E-state index in [2.05, 4.69) is 11.6 Å². The third-order valence-corrected chi connectivity index (χ3v) is 1.81. The lowest BCUT2D eigenvalue weighted by Gasteiger charge is -2.17. The molecule has 1 aromatic heterocycles. The van der Waals surface area contributed by atoms with Gasteiger partial charge in [-0.15, -0.1) is 0 Å². The molecule has 0 atom stereocenters. The van der Waals surface area contributed by atoms with Crippen molar-refractivity contribution in [3.8, 4) is 0 Å². The molecule has 0 saturated carbocycles. The van der Waals surface area contributed by atoms with Crippen LogP contribution in [0.2, 0.25) is 0 Å². The summed E-state index contributed by atoms with van der Waals surface area (Å²) in [5.74, 6) is 0.846. The molecular weight excluding hydrogens is 176 g/mol. The standard InChI is InChI=1S/C11H14N2O/c1-9(2)7-13(3)11-5-4-10(8-14)6-12-11/h4-6,8H,1,7H2,2-3H3. The highest BCUT2D eigenvalue weighted by molar-refractivity contribution is 5.74. The summed E-state index contributed by atoms with van der Waals surface area (Å²) in [6.45, 7) is 6.57. The Morgan fingerprint density at radius 2 is 2.36 bits per heavy atom. The first kappa shape index (κ1) is 10.4. The van der Waals surface area contributed by atoms with Gasteiger partial charge in [0.05, 0.1) is 0 Å². The first-order valence-corrected chi connectivity index (χ1v) is 4.40. The second kappa shape index (κ2) is 4.56. The summed E-state index contributed by atoms with van der Waals surface area (Å²) in [4.78, 5) is 16.5. The molecule has 0 spiro atoms. The van der Waals surface area contributed by atoms with Crippen molar-refractivity contribution < 1.29 is 4.79 Å². The van der Waals surface area contributed by atoms with E-state index < -0.39 is 0 Å². The summed E-state index contributed by atoms with van der Waals surface area (Å²) in [5.41, 5.74) is 1.67. The summed E-state index contributed by atoms with van der Waals surface area (Å²) >= 11 is 0. The van der Waals surface area contributed by atoms with Crippen molar-refractivity contribution in [1.29, 1.82) is 0 Å². The smallest absolute Gasteiger partial charge is 0.151 e. The van der Waals surface area contributed by atoms with Gasteiger partial charge in [0, 0.05) is 25.4 Å². The molecule has 0 fully saturated rings. The highest BCUT2D eigenvalue weighted by Gasteiger charge is 2.01. The largest absolute Gasteiger partial charge is 0.356 e. The van der Waals surface area contributed by atoms with Crippen LogP contribution in [0.1, 0.15) is 17.3 Å². The molecule has 0 amide bonds. The maximum absolute atomic E-state index is 10.4. The minimum Gasteiger partial charge on any atom is -0.356 e. The predicted molar refractivity (Wildman–Crippen MR) is 57.7 cm³/mol. The molecule has 0 aromatic carbocycles. The molecule has 0 bridgehead atoms. The van der Waals surface area contributed by atoms with Gasteiger partial charge in [0.25, 0.3) is 0 Å². The van der Waals surface area contributed by atoms with Crippen molar-refractivity contribution in [3.63, 3.8) is 0 Å². The van der Waals surface area contributed by atoms with Gasteiger partial charge in [-0.3, -0.25) is 4.79 Å². The van der Waals surface area contributed by atoms with Crippen LogP contribution in [0.15, 0.2) is 30.5 Å². The number of likely N-dealkylation sites (N-methyl/N-ethyl adjacent to an activating group) is 1. The molecule has 0 saturated heterocycles. The first-order chi connectivity index (χ1) is 6.63. The van der Waals surface area contributed by atoms with E-state index >= 15 is 0 Å². The quantitative estimate of drug-likeness (QED) is 0.537. The molecule has 3 heteroatoms. The number of rotatable bonds is 4. The molecule has 0 aliphatic heterocycles. The van der Waals surface area contributed by atoms with Crippen LogP contribution in [0.3, 0.4) is 0 Å². The second-order valence-corrected chi connectivity index (χ2v) is 3.38. The number of hydrogen-bond acceptors (Lipinski definition) is 3. The topological polar surface area (TPSA) is 33.2 Å². The van der Waals surface area contributed by atoms with Gasteiger partial charge in [-0.1, -0.05) is 12.2 Å². The fourth-order valence-corrected chi connectivity index (χ4v) is 1.18. The van der Waals surface area contributed by atoms with Crippen molar-refractivity contribution in [2.45, 2.75) is 6.92 Å². The van der Waals surface area contributed by atoms with Crippen molar-refractivity contribution >= 4 is 12.1 Å². The van der Waals surface area contributed by atoms with Gasteiger partial charge in [-0.05, 0) is 19.1 Å². The molecule has 0 unspecified atom stereocenters. The highest BCUT2D eigenvalue weighted by Crippen LogP contribution is 2.09. The third kappa shape index (κ3) is 2.69. The normalized spacial score (nSPS) is 9.57. The number of carbonyl (C=O) groups is 1. The zero-order valence-corrected chi connectivity index (χ0v) is 8.53. The Bertz CT molecular complexity index is 330. The van der Waals surface area contributed by atoms with E-state index in [1.807, 2.05) is 24.9 Å². The number of hydrogen-bond donors (Lipinski definition) is 0. The Hall–Kier alpha value is -1.64. The third-order valence-electron chi connectivity index (χ3n) is 1.81. The van der Waals surface area contributed by atoms with Crippen LogP contribution in [0, 0.1) is 0 Å². The number of carbonyl (C=O) groups excluding carboxylic acids is 1. The Balaban J connectivity index is 2.75. The van der Waals surface area contributed by atoms with Gasteiger partial charge in [-0.2, -0.15) is 0 Å². The van der Waals surface area contributed by atoms with Crippen molar-refractivity contribution in [3.05, 3.63) is 36.0 Å². The number of aromatic nitrogens is 1. The maximum Gasteiger partial charge on any atom is 0.151 e. The lowest BCUT2D eigenvalue weighted by Crippen LogP contribution is -2.20. The molecule has 74 valence electrons. The molecule has 14 heavy (non-hydrogen) atoms. The Morgan fingerprint density at radius 3 is 2.79 bits per heavy atom. The zero-order valence-electron chi connectivity index (χ0n) is 8.53. The SMILES string of the molecule is C=C(C)CN(C)c1ccc(C=O)cn1. The van der Waals surface area contributed by atoms with E-state index in [0.717, 1.165) is 24.2 Å². The van der Waals surface area contributed by atoms with Gasteiger partial charge >= 0.3 is 0 Å². The maximum atomic E-state index is 10.4. The monoisotopic (exact) mass is 190 g/mol. The van der Waals surface area contributed by atoms with E-state index in [-0.39, 0.29) is 0 Å². The molecular formula is C11H14N2O. The van der Waals surface area contributed by atoms with Crippen LogP contribution < -0.4 is 4.90 Å². The molecule has 0 aliphatic rings. The summed E-state index contributed by atoms with van der Waals surface area (Å²) in [7, 11) is 1.94. The molecule has 3 nitrogen and oxygen atoms in total. The fourth-order valence-electron chi connectivity index (χ4n) is 1.18. The van der Waals surface area contributed by atoms with Gasteiger partial charge in [0.15, 0.2) is 6.29 Å². The number of nitrogens with zero attached hydrogens (tertiary/aromatic N) is 2. The lowest BCUT2D eigenvalue weighted by molar-refractivity contribution is 0.112. The van der Waals surface area contributed by atoms with Crippen LogP contribution >= 0.6 is 0 Å². The van der Waals surface area contributed by atoms with Gasteiger partial charge in [0.1, 0.15) is 5.82 Å². The van der Waals surface area contributed by atoms with Crippen LogP contribution in [-0.4, -0.2) is 24.9 Å². The Labute approximate surface area is 84.1 Å². The van der Waals surface area contributed by atoms with Gasteiger partial charge in [0.2, 0.25) is 0 Å². The lowest BCUT2D eigenvalue weighted by atomic mass is 10.3. The van der Waals surface area contributed by atoms with E-state index in [0.29, 0.717) is 5.56 Å². The highest BCUT2D eigenvalue weighted by atomic mass is 16.1. The summed E-state index contributed by atoms with van der Waals surface area (Å²) in [6, 6.07) is 3.58. The summed E-state index contributed by atoms with van der Waals surface area (Å²) in [5, 5.41) is 0. The average Bonchev–Trinajstić information content (AvgIpc) is 2.17. The Morgan fingerprint density at radius 1 is 1.64 bits per heavy atom. The van der Waals surface area contributed by atoms with E-state index in [1.54, 1.807) is 12.3 Å². The van der Waals surface area contributed by atoms with Crippen LogP contribution in [0.25, 0.3) is 0 Å². The molecule has 0 radical (unpaired) electrons. The predicted octanol–water partition coefficient (Wildman–Crippen LogP) is 1.91. The van der Waals surface area contributed by atoms with Crippen LogP contribution in [0.4, 0.5) is 5.82 Å². The zero-order chi connectivity index (χ0) is 10.6. The second-order valence-electron chi connectivity index (χ2n) is 3.38. The van der Waals surface area contributed by atoms with E-state index in [9.17, 15) is 4.79 Å². The first-order valence-electron chi connectivity index (χ1n) is 4.40. The Kier molecular flexibility index (Phi) is 3.40. The minimum absolute atomic E-state index is 0.595. The molecule has 0 N–H and O–H groups in total. The van der Waals surface area contributed by atoms with Gasteiger partial charge in [-0.25, -0.2) is 4.98 Å². The molecule has 1 rings (SSSR count). The number of aldehydes is 1. The van der Waals surface area contributed by atoms with Crippen molar-refractivity contribution in [1.82, 2.24) is 4.98 Å². The number of pyridine rings is 1. The average molecular weight is 190 g/mol. The fraction of sp³-hybridized carbons (Fsp3) is 0.273. The molecule has 1 aromatic rings. The van der Waals surface area contributed by atoms with Crippen molar-refractivity contribution in [2.75, 3.05) is 18.5 Å². The molecule has 0 aliphatic carbocycles. The minimum atomic E-state index is 0.595. The van der Waals surface area contributed by atoms with E-state index in [4.69, 9.17) is 0 Å². The van der Waals surface area contributed by atoms with E-state index in [1.165, 1.54) is 0 Å². The molecule has 1 heterocycles. The number of anilines is 1. The summed E-state index contributed by atoms with van der Waals surface area (Å²) < 4.78 is 0. The van der Waals surface area contributed by atoms with Gasteiger partial charge < -0.3 is 4.90 Å².